The Labute approximate surface area is 113 Å². The Balaban J connectivity index is 4.03. The largest absolute Gasteiger partial charge is 0.453 e. The third kappa shape index (κ3) is 9.79. The average Bonchev–Trinajstić information content (AvgIpc) is 2.26. The molecule has 5 heteroatoms. The summed E-state index contributed by atoms with van der Waals surface area (Å²) in [5, 5.41) is 0. The zero-order valence-corrected chi connectivity index (χ0v) is 12.1. The van der Waals surface area contributed by atoms with Gasteiger partial charge in [0.25, 0.3) is 0 Å². The third-order valence-corrected chi connectivity index (χ3v) is 2.81. The Kier molecular flexibility index (Phi) is 8.85. The van der Waals surface area contributed by atoms with Gasteiger partial charge in [-0.25, -0.2) is 0 Å². The Morgan fingerprint density at radius 3 is 2.16 bits per heavy atom. The molecule has 19 heavy (non-hydrogen) atoms. The lowest BCUT2D eigenvalue weighted by Crippen LogP contribution is -2.35. The number of carbonyl (C=O) groups is 1. The molecule has 0 saturated heterocycles. The second-order valence-electron chi connectivity index (χ2n) is 5.31. The molecule has 0 spiro atoms. The van der Waals surface area contributed by atoms with Gasteiger partial charge >= 0.3 is 12.1 Å². The maximum atomic E-state index is 12.7. The molecule has 1 atom stereocenters. The molecule has 0 amide bonds. The van der Waals surface area contributed by atoms with E-state index >= 15 is 0 Å². The van der Waals surface area contributed by atoms with Crippen LogP contribution in [0.4, 0.5) is 13.2 Å². The number of esters is 1. The van der Waals surface area contributed by atoms with Crippen molar-refractivity contribution in [1.29, 1.82) is 0 Å². The number of alkyl halides is 3. The molecule has 1 unspecified atom stereocenters. The number of carbonyl (C=O) groups excluding carboxylic acids is 1. The summed E-state index contributed by atoms with van der Waals surface area (Å²) in [7, 11) is 0. The van der Waals surface area contributed by atoms with Crippen molar-refractivity contribution in [1.82, 2.24) is 0 Å². The van der Waals surface area contributed by atoms with Crippen LogP contribution in [-0.4, -0.2) is 18.2 Å². The highest BCUT2D eigenvalue weighted by molar-refractivity contribution is 5.69. The topological polar surface area (TPSA) is 26.3 Å². The van der Waals surface area contributed by atoms with Gasteiger partial charge < -0.3 is 4.74 Å². The van der Waals surface area contributed by atoms with E-state index in [0.29, 0.717) is 6.42 Å². The number of hydrogen-bond acceptors (Lipinski definition) is 2. The van der Waals surface area contributed by atoms with E-state index in [9.17, 15) is 18.0 Å². The first-order chi connectivity index (χ1) is 8.77. The van der Waals surface area contributed by atoms with E-state index in [1.165, 1.54) is 0 Å². The van der Waals surface area contributed by atoms with Crippen LogP contribution in [-0.2, 0) is 9.53 Å². The smallest absolute Gasteiger partial charge is 0.425 e. The van der Waals surface area contributed by atoms with Crippen LogP contribution in [0.25, 0.3) is 0 Å². The highest BCUT2D eigenvalue weighted by atomic mass is 19.4. The van der Waals surface area contributed by atoms with Gasteiger partial charge in [-0.1, -0.05) is 46.5 Å². The second kappa shape index (κ2) is 9.21. The van der Waals surface area contributed by atoms with E-state index in [-0.39, 0.29) is 18.8 Å². The van der Waals surface area contributed by atoms with Gasteiger partial charge in [-0.15, -0.1) is 0 Å². The van der Waals surface area contributed by atoms with E-state index in [1.807, 2.05) is 0 Å². The van der Waals surface area contributed by atoms with Crippen molar-refractivity contribution in [2.24, 2.45) is 5.92 Å². The molecule has 0 fully saturated rings. The van der Waals surface area contributed by atoms with Gasteiger partial charge in [0.05, 0.1) is 0 Å². The summed E-state index contributed by atoms with van der Waals surface area (Å²) in [4.78, 5) is 11.4. The van der Waals surface area contributed by atoms with Crippen LogP contribution in [0.3, 0.4) is 0 Å². The van der Waals surface area contributed by atoms with Crippen LogP contribution in [0.1, 0.15) is 65.7 Å². The standard InChI is InChI=1S/C14H25F3O2/c1-4-5-6-7-8-9-13(18)19-12(10-11(2)3)14(15,16)17/h11-12H,4-10H2,1-3H3. The van der Waals surface area contributed by atoms with Crippen molar-refractivity contribution in [2.75, 3.05) is 0 Å². The van der Waals surface area contributed by atoms with Gasteiger partial charge in [-0.05, 0) is 18.8 Å². The molecular formula is C14H25F3O2. The quantitative estimate of drug-likeness (QED) is 0.445. The molecule has 0 rings (SSSR count). The first-order valence-electron chi connectivity index (χ1n) is 7.03. The molecule has 0 N–H and O–H groups in total. The second-order valence-corrected chi connectivity index (χ2v) is 5.31. The van der Waals surface area contributed by atoms with Crippen LogP contribution < -0.4 is 0 Å². The molecule has 0 aliphatic heterocycles. The molecule has 0 radical (unpaired) electrons. The molecule has 2 nitrogen and oxygen atoms in total. The molecule has 0 aromatic rings. The summed E-state index contributed by atoms with van der Waals surface area (Å²) in [6.45, 7) is 5.43. The molecule has 0 aromatic carbocycles. The summed E-state index contributed by atoms with van der Waals surface area (Å²) in [5.74, 6) is -0.900. The van der Waals surface area contributed by atoms with E-state index in [2.05, 4.69) is 11.7 Å². The lowest BCUT2D eigenvalue weighted by atomic mass is 10.1. The fourth-order valence-corrected chi connectivity index (χ4v) is 1.77. The molecular weight excluding hydrogens is 257 g/mol. The molecule has 0 bridgehead atoms. The number of ether oxygens (including phenoxy) is 1. The van der Waals surface area contributed by atoms with Crippen LogP contribution in [0.2, 0.25) is 0 Å². The molecule has 114 valence electrons. The van der Waals surface area contributed by atoms with Crippen molar-refractivity contribution < 1.29 is 22.7 Å². The highest BCUT2D eigenvalue weighted by Crippen LogP contribution is 2.28. The SMILES string of the molecule is CCCCCCCC(=O)OC(CC(C)C)C(F)(F)F. The minimum atomic E-state index is -4.47. The summed E-state index contributed by atoms with van der Waals surface area (Å²) >= 11 is 0. The number of rotatable bonds is 9. The normalized spacial score (nSPS) is 13.6. The Bertz CT molecular complexity index is 250. The molecule has 0 aliphatic carbocycles. The van der Waals surface area contributed by atoms with Crippen LogP contribution in [0, 0.1) is 5.92 Å². The average molecular weight is 282 g/mol. The van der Waals surface area contributed by atoms with Gasteiger partial charge in [-0.3, -0.25) is 4.79 Å². The van der Waals surface area contributed by atoms with Gasteiger partial charge in [-0.2, -0.15) is 13.2 Å². The first-order valence-corrected chi connectivity index (χ1v) is 7.03. The van der Waals surface area contributed by atoms with Gasteiger partial charge in [0, 0.05) is 6.42 Å². The lowest BCUT2D eigenvalue weighted by Gasteiger charge is -2.22. The summed E-state index contributed by atoms with van der Waals surface area (Å²) in [5.41, 5.74) is 0. The van der Waals surface area contributed by atoms with Crippen LogP contribution in [0.5, 0.6) is 0 Å². The Morgan fingerprint density at radius 2 is 1.68 bits per heavy atom. The summed E-state index contributed by atoms with van der Waals surface area (Å²) in [6, 6.07) is 0. The molecule has 0 aliphatic rings. The summed E-state index contributed by atoms with van der Waals surface area (Å²) < 4.78 is 42.5. The predicted octanol–water partition coefficient (Wildman–Crippen LogP) is 4.87. The van der Waals surface area contributed by atoms with Crippen molar-refractivity contribution >= 4 is 5.97 Å². The van der Waals surface area contributed by atoms with Crippen molar-refractivity contribution in [3.63, 3.8) is 0 Å². The number of hydrogen-bond donors (Lipinski definition) is 0. The predicted molar refractivity (Wildman–Crippen MR) is 68.8 cm³/mol. The van der Waals surface area contributed by atoms with E-state index in [0.717, 1.165) is 25.7 Å². The van der Waals surface area contributed by atoms with Gasteiger partial charge in [0.1, 0.15) is 0 Å². The van der Waals surface area contributed by atoms with Crippen molar-refractivity contribution in [3.8, 4) is 0 Å². The maximum absolute atomic E-state index is 12.7. The minimum Gasteiger partial charge on any atom is -0.453 e. The maximum Gasteiger partial charge on any atom is 0.425 e. The van der Waals surface area contributed by atoms with Crippen molar-refractivity contribution in [3.05, 3.63) is 0 Å². The third-order valence-electron chi connectivity index (χ3n) is 2.81. The van der Waals surface area contributed by atoms with E-state index in [1.54, 1.807) is 13.8 Å². The Morgan fingerprint density at radius 1 is 1.11 bits per heavy atom. The zero-order valence-electron chi connectivity index (χ0n) is 12.1. The Hall–Kier alpha value is -0.740. The fraction of sp³-hybridized carbons (Fsp3) is 0.929. The minimum absolute atomic E-state index is 0.0778. The fourth-order valence-electron chi connectivity index (χ4n) is 1.77. The van der Waals surface area contributed by atoms with Gasteiger partial charge in [0.15, 0.2) is 6.10 Å². The van der Waals surface area contributed by atoms with Gasteiger partial charge in [0.2, 0.25) is 0 Å². The lowest BCUT2D eigenvalue weighted by molar-refractivity contribution is -0.224. The van der Waals surface area contributed by atoms with Crippen molar-refractivity contribution in [2.45, 2.75) is 78.0 Å². The zero-order chi connectivity index (χ0) is 14.9. The first kappa shape index (κ1) is 18.3. The van der Waals surface area contributed by atoms with Crippen LogP contribution in [0.15, 0.2) is 0 Å². The molecule has 0 saturated carbocycles. The molecule has 0 aromatic heterocycles. The summed E-state index contributed by atoms with van der Waals surface area (Å²) in [6.07, 6.45) is -1.87. The number of halogens is 3. The monoisotopic (exact) mass is 282 g/mol. The molecule has 0 heterocycles. The number of unbranched alkanes of at least 4 members (excludes halogenated alkanes) is 4. The van der Waals surface area contributed by atoms with E-state index < -0.39 is 18.2 Å². The van der Waals surface area contributed by atoms with E-state index in [4.69, 9.17) is 0 Å². The van der Waals surface area contributed by atoms with Crippen LogP contribution >= 0.6 is 0 Å². The highest BCUT2D eigenvalue weighted by Gasteiger charge is 2.42.